The summed E-state index contributed by atoms with van der Waals surface area (Å²) in [6.45, 7) is 1.78. The van der Waals surface area contributed by atoms with Gasteiger partial charge in [-0.2, -0.15) is 0 Å². The molecule has 82 valence electrons. The van der Waals surface area contributed by atoms with Crippen molar-refractivity contribution in [3.05, 3.63) is 21.9 Å². The predicted octanol–water partition coefficient (Wildman–Crippen LogP) is 2.63. The van der Waals surface area contributed by atoms with Crippen molar-refractivity contribution in [3.8, 4) is 5.75 Å². The maximum atomic E-state index is 5.78. The SMILES string of the molecule is Clc1ncc(OC[C@H]2CCCN2)cc1Br. The van der Waals surface area contributed by atoms with Crippen LogP contribution in [-0.4, -0.2) is 24.2 Å². The Hall–Kier alpha value is -0.320. The number of nitrogens with one attached hydrogen (secondary N) is 1. The fourth-order valence-corrected chi connectivity index (χ4v) is 2.01. The summed E-state index contributed by atoms with van der Waals surface area (Å²) in [7, 11) is 0. The predicted molar refractivity (Wildman–Crippen MR) is 63.5 cm³/mol. The molecule has 2 rings (SSSR count). The van der Waals surface area contributed by atoms with Crippen LogP contribution in [0.15, 0.2) is 16.7 Å². The van der Waals surface area contributed by atoms with E-state index in [4.69, 9.17) is 16.3 Å². The van der Waals surface area contributed by atoms with Crippen LogP contribution in [0.3, 0.4) is 0 Å². The molecule has 1 N–H and O–H groups in total. The van der Waals surface area contributed by atoms with Crippen molar-refractivity contribution in [1.82, 2.24) is 10.3 Å². The fourth-order valence-electron chi connectivity index (χ4n) is 1.58. The topological polar surface area (TPSA) is 34.1 Å². The van der Waals surface area contributed by atoms with Gasteiger partial charge in [0.05, 0.1) is 10.7 Å². The molecule has 1 aromatic heterocycles. The second kappa shape index (κ2) is 5.14. The summed E-state index contributed by atoms with van der Waals surface area (Å²) >= 11 is 9.09. The number of rotatable bonds is 3. The molecule has 0 amide bonds. The van der Waals surface area contributed by atoms with Crippen LogP contribution in [0.4, 0.5) is 0 Å². The van der Waals surface area contributed by atoms with Gasteiger partial charge < -0.3 is 10.1 Å². The fraction of sp³-hybridized carbons (Fsp3) is 0.500. The first kappa shape index (κ1) is 11.2. The molecule has 1 atom stereocenters. The summed E-state index contributed by atoms with van der Waals surface area (Å²) in [5, 5.41) is 3.83. The first-order chi connectivity index (χ1) is 7.25. The lowest BCUT2D eigenvalue weighted by atomic mass is 10.2. The molecule has 0 aromatic carbocycles. The van der Waals surface area contributed by atoms with Crippen LogP contribution in [0, 0.1) is 0 Å². The van der Waals surface area contributed by atoms with E-state index in [1.54, 1.807) is 6.20 Å². The molecule has 0 unspecified atom stereocenters. The third-order valence-corrected chi connectivity index (χ3v) is 3.52. The lowest BCUT2D eigenvalue weighted by Gasteiger charge is -2.11. The van der Waals surface area contributed by atoms with Gasteiger partial charge in [-0.25, -0.2) is 4.98 Å². The highest BCUT2D eigenvalue weighted by Gasteiger charge is 2.14. The Morgan fingerprint density at radius 3 is 3.20 bits per heavy atom. The minimum Gasteiger partial charge on any atom is -0.490 e. The summed E-state index contributed by atoms with van der Waals surface area (Å²) in [5.74, 6) is 0.750. The summed E-state index contributed by atoms with van der Waals surface area (Å²) in [5.41, 5.74) is 0. The second-order valence-corrected chi connectivity index (χ2v) is 4.76. The van der Waals surface area contributed by atoms with Crippen molar-refractivity contribution in [3.63, 3.8) is 0 Å². The normalized spacial score (nSPS) is 20.5. The van der Waals surface area contributed by atoms with Crippen molar-refractivity contribution in [2.75, 3.05) is 13.2 Å². The van der Waals surface area contributed by atoms with Gasteiger partial charge in [-0.05, 0) is 41.4 Å². The van der Waals surface area contributed by atoms with E-state index >= 15 is 0 Å². The third-order valence-electron chi connectivity index (χ3n) is 2.38. The number of ether oxygens (including phenoxy) is 1. The molecule has 5 heteroatoms. The number of nitrogens with zero attached hydrogens (tertiary/aromatic N) is 1. The van der Waals surface area contributed by atoms with E-state index in [2.05, 4.69) is 26.2 Å². The highest BCUT2D eigenvalue weighted by Crippen LogP contribution is 2.24. The van der Waals surface area contributed by atoms with Gasteiger partial charge in [0.1, 0.15) is 17.5 Å². The number of hydrogen-bond donors (Lipinski definition) is 1. The number of hydrogen-bond acceptors (Lipinski definition) is 3. The summed E-state index contributed by atoms with van der Waals surface area (Å²) in [4.78, 5) is 4.00. The van der Waals surface area contributed by atoms with Crippen molar-refractivity contribution in [1.29, 1.82) is 0 Å². The van der Waals surface area contributed by atoms with E-state index in [0.29, 0.717) is 17.8 Å². The van der Waals surface area contributed by atoms with E-state index in [1.807, 2.05) is 6.07 Å². The maximum Gasteiger partial charge on any atom is 0.143 e. The molecule has 0 radical (unpaired) electrons. The van der Waals surface area contributed by atoms with E-state index in [-0.39, 0.29) is 0 Å². The van der Waals surface area contributed by atoms with E-state index < -0.39 is 0 Å². The molecule has 1 fully saturated rings. The zero-order chi connectivity index (χ0) is 10.7. The molecule has 0 saturated carbocycles. The molecule has 1 saturated heterocycles. The van der Waals surface area contributed by atoms with Crippen molar-refractivity contribution in [2.24, 2.45) is 0 Å². The van der Waals surface area contributed by atoms with Gasteiger partial charge in [0.2, 0.25) is 0 Å². The molecule has 1 aliphatic rings. The van der Waals surface area contributed by atoms with Crippen molar-refractivity contribution >= 4 is 27.5 Å². The largest absolute Gasteiger partial charge is 0.490 e. The molecule has 1 aliphatic heterocycles. The minimum atomic E-state index is 0.460. The van der Waals surface area contributed by atoms with Gasteiger partial charge >= 0.3 is 0 Å². The average molecular weight is 292 g/mol. The minimum absolute atomic E-state index is 0.460. The standard InChI is InChI=1S/C10H12BrClN2O/c11-9-4-8(5-14-10(9)12)15-6-7-2-1-3-13-7/h4-5,7,13H,1-3,6H2/t7-/m1/s1. The third kappa shape index (κ3) is 3.06. The van der Waals surface area contributed by atoms with Gasteiger partial charge in [-0.1, -0.05) is 11.6 Å². The lowest BCUT2D eigenvalue weighted by molar-refractivity contribution is 0.276. The quantitative estimate of drug-likeness (QED) is 0.869. The monoisotopic (exact) mass is 290 g/mol. The molecule has 0 aliphatic carbocycles. The molecular weight excluding hydrogens is 279 g/mol. The molecule has 0 spiro atoms. The van der Waals surface area contributed by atoms with Crippen LogP contribution in [-0.2, 0) is 0 Å². The van der Waals surface area contributed by atoms with Crippen molar-refractivity contribution in [2.45, 2.75) is 18.9 Å². The van der Waals surface area contributed by atoms with Gasteiger partial charge in [0, 0.05) is 6.04 Å². The van der Waals surface area contributed by atoms with Crippen LogP contribution < -0.4 is 10.1 Å². The highest BCUT2D eigenvalue weighted by atomic mass is 79.9. The first-order valence-corrected chi connectivity index (χ1v) is 6.10. The average Bonchev–Trinajstić information content (AvgIpc) is 2.73. The first-order valence-electron chi connectivity index (χ1n) is 4.93. The Morgan fingerprint density at radius 1 is 1.67 bits per heavy atom. The summed E-state index contributed by atoms with van der Waals surface area (Å²) in [6, 6.07) is 2.31. The number of halogens is 2. The van der Waals surface area contributed by atoms with Crippen molar-refractivity contribution < 1.29 is 4.74 Å². The Kier molecular flexibility index (Phi) is 3.83. The smallest absolute Gasteiger partial charge is 0.143 e. The van der Waals surface area contributed by atoms with Gasteiger partial charge in [0.25, 0.3) is 0 Å². The van der Waals surface area contributed by atoms with E-state index in [1.165, 1.54) is 12.8 Å². The molecule has 1 aromatic rings. The van der Waals surface area contributed by atoms with Gasteiger partial charge in [0.15, 0.2) is 0 Å². The molecular formula is C10H12BrClN2O. The molecule has 2 heterocycles. The van der Waals surface area contributed by atoms with E-state index in [0.717, 1.165) is 16.8 Å². The number of aromatic nitrogens is 1. The molecule has 0 bridgehead atoms. The highest BCUT2D eigenvalue weighted by molar-refractivity contribution is 9.10. The zero-order valence-corrected chi connectivity index (χ0v) is 10.5. The maximum absolute atomic E-state index is 5.78. The summed E-state index contributed by atoms with van der Waals surface area (Å²) in [6.07, 6.45) is 4.06. The van der Waals surface area contributed by atoms with Crippen LogP contribution in [0.25, 0.3) is 0 Å². The van der Waals surface area contributed by atoms with Crippen LogP contribution in [0.2, 0.25) is 5.15 Å². The Bertz CT molecular complexity index is 342. The Morgan fingerprint density at radius 2 is 2.53 bits per heavy atom. The lowest BCUT2D eigenvalue weighted by Crippen LogP contribution is -2.28. The van der Waals surface area contributed by atoms with Crippen LogP contribution in [0.5, 0.6) is 5.75 Å². The Balaban J connectivity index is 1.90. The summed E-state index contributed by atoms with van der Waals surface area (Å²) < 4.78 is 6.38. The Labute approximate surface area is 102 Å². The molecule has 3 nitrogen and oxygen atoms in total. The van der Waals surface area contributed by atoms with Crippen LogP contribution in [0.1, 0.15) is 12.8 Å². The van der Waals surface area contributed by atoms with Crippen LogP contribution >= 0.6 is 27.5 Å². The zero-order valence-electron chi connectivity index (χ0n) is 8.17. The van der Waals surface area contributed by atoms with Gasteiger partial charge in [-0.3, -0.25) is 0 Å². The van der Waals surface area contributed by atoms with E-state index in [9.17, 15) is 0 Å². The number of pyridine rings is 1. The second-order valence-electron chi connectivity index (χ2n) is 3.55. The van der Waals surface area contributed by atoms with Gasteiger partial charge in [-0.15, -0.1) is 0 Å². The molecule has 15 heavy (non-hydrogen) atoms.